The number of fused-ring (bicyclic) bond motifs is 1. The fourth-order valence-electron chi connectivity index (χ4n) is 5.15. The lowest BCUT2D eigenvalue weighted by atomic mass is 9.86. The van der Waals surface area contributed by atoms with Crippen molar-refractivity contribution in [2.24, 2.45) is 11.1 Å². The summed E-state index contributed by atoms with van der Waals surface area (Å²) in [4.78, 5) is 6.44. The summed E-state index contributed by atoms with van der Waals surface area (Å²) in [5.74, 6) is 2.04. The molecular weight excluding hydrogens is 448 g/mol. The lowest BCUT2D eigenvalue weighted by molar-refractivity contribution is 0.145. The highest BCUT2D eigenvalue weighted by atomic mass is 32.2. The van der Waals surface area contributed by atoms with Crippen molar-refractivity contribution in [3.05, 3.63) is 77.7 Å². The maximum absolute atomic E-state index is 11.4. The summed E-state index contributed by atoms with van der Waals surface area (Å²) >= 11 is 0. The number of benzene rings is 2. The maximum Gasteiger partial charge on any atom is 0.257 e. The van der Waals surface area contributed by atoms with Crippen LogP contribution >= 0.6 is 0 Å². The molecule has 1 saturated heterocycles. The molecule has 1 fully saturated rings. The molecule has 2 unspecified atom stereocenters. The molecule has 2 aliphatic rings. The van der Waals surface area contributed by atoms with Gasteiger partial charge in [0.25, 0.3) is 10.0 Å². The van der Waals surface area contributed by atoms with E-state index < -0.39 is 10.0 Å². The molecule has 2 atom stereocenters. The molecule has 180 valence electrons. The third-order valence-corrected chi connectivity index (χ3v) is 7.83. The van der Waals surface area contributed by atoms with Gasteiger partial charge < -0.3 is 14.2 Å². The number of hydrogen-bond acceptors (Lipinski definition) is 5. The van der Waals surface area contributed by atoms with Crippen LogP contribution in [-0.4, -0.2) is 49.1 Å². The fraction of sp³-hybridized carbons (Fsp3) is 0.423. The summed E-state index contributed by atoms with van der Waals surface area (Å²) in [6, 6.07) is 17.4. The normalized spacial score (nSPS) is 20.1. The summed E-state index contributed by atoms with van der Waals surface area (Å²) in [6.07, 6.45) is 7.20. The number of primary sulfonamides is 1. The van der Waals surface area contributed by atoms with Gasteiger partial charge in [0.2, 0.25) is 0 Å². The van der Waals surface area contributed by atoms with E-state index in [-0.39, 0.29) is 5.03 Å². The summed E-state index contributed by atoms with van der Waals surface area (Å²) < 4.78 is 30.6. The van der Waals surface area contributed by atoms with E-state index in [1.165, 1.54) is 55.3 Å². The smallest absolute Gasteiger partial charge is 0.257 e. The number of sulfonamides is 1. The van der Waals surface area contributed by atoms with Crippen molar-refractivity contribution in [2.45, 2.75) is 43.2 Å². The Morgan fingerprint density at radius 3 is 2.65 bits per heavy atom. The Kier molecular flexibility index (Phi) is 6.72. The van der Waals surface area contributed by atoms with E-state index >= 15 is 0 Å². The number of rotatable bonds is 10. The topological polar surface area (TPSA) is 90.5 Å². The monoisotopic (exact) mass is 480 g/mol. The number of nitrogens with zero attached hydrogens (tertiary/aromatic N) is 3. The first-order chi connectivity index (χ1) is 16.5. The van der Waals surface area contributed by atoms with Crippen LogP contribution in [0.5, 0.6) is 5.75 Å². The predicted molar refractivity (Wildman–Crippen MR) is 131 cm³/mol. The molecule has 2 heterocycles. The van der Waals surface area contributed by atoms with Gasteiger partial charge in [-0.25, -0.2) is 18.5 Å². The third-order valence-electron chi connectivity index (χ3n) is 7.04. The van der Waals surface area contributed by atoms with Gasteiger partial charge in [-0.2, -0.15) is 0 Å². The SMILES string of the molecule is NS(=O)(=O)c1cn(CCCOc2ccc3c(c2)C(Cc2ccccc2)C(CN2CCC2)C3)cn1. The van der Waals surface area contributed by atoms with Crippen molar-refractivity contribution in [2.75, 3.05) is 26.2 Å². The maximum atomic E-state index is 11.4. The largest absolute Gasteiger partial charge is 0.494 e. The Morgan fingerprint density at radius 2 is 1.94 bits per heavy atom. The number of aromatic nitrogens is 2. The molecule has 0 spiro atoms. The molecule has 0 bridgehead atoms. The number of hydrogen-bond donors (Lipinski definition) is 1. The zero-order valence-corrected chi connectivity index (χ0v) is 20.2. The van der Waals surface area contributed by atoms with Gasteiger partial charge in [0, 0.05) is 19.3 Å². The Hall–Kier alpha value is -2.68. The van der Waals surface area contributed by atoms with E-state index in [0.717, 1.165) is 25.0 Å². The number of likely N-dealkylation sites (tertiary alicyclic amines) is 1. The fourth-order valence-corrected chi connectivity index (χ4v) is 5.63. The molecule has 3 aromatic rings. The average molecular weight is 481 g/mol. The molecule has 2 N–H and O–H groups in total. The van der Waals surface area contributed by atoms with Crippen LogP contribution in [0.1, 0.15) is 35.4 Å². The van der Waals surface area contributed by atoms with Gasteiger partial charge in [-0.3, -0.25) is 0 Å². The van der Waals surface area contributed by atoms with Crippen LogP contribution in [0.4, 0.5) is 0 Å². The molecule has 1 aliphatic heterocycles. The Labute approximate surface area is 201 Å². The first-order valence-corrected chi connectivity index (χ1v) is 13.6. The molecule has 0 radical (unpaired) electrons. The van der Waals surface area contributed by atoms with E-state index in [1.807, 2.05) is 0 Å². The Morgan fingerprint density at radius 1 is 1.12 bits per heavy atom. The Bertz CT molecular complexity index is 1220. The highest BCUT2D eigenvalue weighted by Crippen LogP contribution is 2.42. The third kappa shape index (κ3) is 5.35. The average Bonchev–Trinajstić information content (AvgIpc) is 3.40. The van der Waals surface area contributed by atoms with Gasteiger partial charge in [-0.1, -0.05) is 36.4 Å². The quantitative estimate of drug-likeness (QED) is 0.450. The van der Waals surface area contributed by atoms with Crippen molar-refractivity contribution in [3.8, 4) is 5.75 Å². The second kappa shape index (κ2) is 9.90. The number of ether oxygens (including phenoxy) is 1. The summed E-state index contributed by atoms with van der Waals surface area (Å²) in [6.45, 7) is 4.79. The minimum Gasteiger partial charge on any atom is -0.494 e. The lowest BCUT2D eigenvalue weighted by Gasteiger charge is -2.35. The van der Waals surface area contributed by atoms with Crippen LogP contribution in [0.25, 0.3) is 0 Å². The highest BCUT2D eigenvalue weighted by molar-refractivity contribution is 7.89. The standard InChI is InChI=1S/C26H32N4O3S/c27-34(31,32)26-18-30(19-28-26)12-5-13-33-23-9-8-21-15-22(17-29-10-4-11-29)24(25(21)16-23)14-20-6-2-1-3-7-20/h1-3,6-9,16,18-19,22,24H,4-5,10-15,17H2,(H2,27,31,32). The highest BCUT2D eigenvalue weighted by Gasteiger charge is 2.34. The number of nitrogens with two attached hydrogens (primary N) is 1. The Balaban J connectivity index is 1.23. The van der Waals surface area contributed by atoms with Gasteiger partial charge in [-0.15, -0.1) is 0 Å². The van der Waals surface area contributed by atoms with Crippen LogP contribution < -0.4 is 9.88 Å². The molecule has 1 aromatic heterocycles. The van der Waals surface area contributed by atoms with Crippen molar-refractivity contribution in [1.29, 1.82) is 0 Å². The van der Waals surface area contributed by atoms with Gasteiger partial charge in [0.05, 0.1) is 12.9 Å². The second-order valence-corrected chi connectivity index (χ2v) is 11.0. The molecule has 7 nitrogen and oxygen atoms in total. The van der Waals surface area contributed by atoms with Crippen molar-refractivity contribution in [1.82, 2.24) is 14.5 Å². The van der Waals surface area contributed by atoms with Crippen molar-refractivity contribution < 1.29 is 13.2 Å². The molecule has 34 heavy (non-hydrogen) atoms. The molecule has 2 aromatic carbocycles. The minimum atomic E-state index is -3.77. The van der Waals surface area contributed by atoms with Gasteiger partial charge >= 0.3 is 0 Å². The van der Waals surface area contributed by atoms with E-state index in [2.05, 4.69) is 58.4 Å². The number of imidazole rings is 1. The van der Waals surface area contributed by atoms with Crippen LogP contribution in [0.15, 0.2) is 66.1 Å². The minimum absolute atomic E-state index is 0.107. The van der Waals surface area contributed by atoms with E-state index in [0.29, 0.717) is 25.0 Å². The molecule has 5 rings (SSSR count). The van der Waals surface area contributed by atoms with E-state index in [1.54, 1.807) is 4.57 Å². The molecule has 0 saturated carbocycles. The van der Waals surface area contributed by atoms with Crippen LogP contribution in [0.2, 0.25) is 0 Å². The van der Waals surface area contributed by atoms with Crippen LogP contribution in [-0.2, 0) is 29.4 Å². The lowest BCUT2D eigenvalue weighted by Crippen LogP contribution is -2.41. The van der Waals surface area contributed by atoms with Crippen molar-refractivity contribution >= 4 is 10.0 Å². The van der Waals surface area contributed by atoms with Gasteiger partial charge in [-0.05, 0) is 79.4 Å². The molecular formula is C26H32N4O3S. The number of aryl methyl sites for hydroxylation is 1. The first kappa shape index (κ1) is 23.1. The van der Waals surface area contributed by atoms with Crippen LogP contribution in [0.3, 0.4) is 0 Å². The molecule has 1 aliphatic carbocycles. The van der Waals surface area contributed by atoms with E-state index in [4.69, 9.17) is 9.88 Å². The van der Waals surface area contributed by atoms with Gasteiger partial charge in [0.1, 0.15) is 5.75 Å². The first-order valence-electron chi connectivity index (χ1n) is 12.0. The molecule has 0 amide bonds. The summed E-state index contributed by atoms with van der Waals surface area (Å²) in [7, 11) is -3.77. The van der Waals surface area contributed by atoms with Crippen LogP contribution in [0, 0.1) is 5.92 Å². The van der Waals surface area contributed by atoms with Gasteiger partial charge in [0.15, 0.2) is 5.03 Å². The van der Waals surface area contributed by atoms with E-state index in [9.17, 15) is 8.42 Å². The zero-order chi connectivity index (χ0) is 23.5. The summed E-state index contributed by atoms with van der Waals surface area (Å²) in [5.41, 5.74) is 4.27. The predicted octanol–water partition coefficient (Wildman–Crippen LogP) is 3.20. The second-order valence-electron chi connectivity index (χ2n) is 9.47. The molecule has 8 heteroatoms. The summed E-state index contributed by atoms with van der Waals surface area (Å²) in [5, 5.41) is 5.01. The zero-order valence-electron chi connectivity index (χ0n) is 19.3. The van der Waals surface area contributed by atoms with Crippen molar-refractivity contribution in [3.63, 3.8) is 0 Å².